The number of anilines is 1. The first-order valence-electron chi connectivity index (χ1n) is 8.54. The molecule has 4 nitrogen and oxygen atoms in total. The van der Waals surface area contributed by atoms with Crippen molar-refractivity contribution in [2.24, 2.45) is 0 Å². The second-order valence-electron chi connectivity index (χ2n) is 6.09. The number of esters is 1. The molecule has 0 aromatic heterocycles. The highest BCUT2D eigenvalue weighted by Crippen LogP contribution is 2.27. The van der Waals surface area contributed by atoms with Crippen molar-refractivity contribution >= 4 is 17.6 Å². The van der Waals surface area contributed by atoms with Gasteiger partial charge in [-0.3, -0.25) is 9.69 Å². The van der Waals surface area contributed by atoms with Crippen LogP contribution in [0.5, 0.6) is 0 Å². The summed E-state index contributed by atoms with van der Waals surface area (Å²) in [5, 5.41) is 0. The first kappa shape index (κ1) is 18.7. The van der Waals surface area contributed by atoms with E-state index in [-0.39, 0.29) is 18.9 Å². The molecule has 0 radical (unpaired) electrons. The number of benzene rings is 2. The van der Waals surface area contributed by atoms with E-state index in [1.165, 1.54) is 0 Å². The molecule has 0 aliphatic carbocycles. The van der Waals surface area contributed by atoms with E-state index in [0.29, 0.717) is 0 Å². The van der Waals surface area contributed by atoms with Gasteiger partial charge in [-0.1, -0.05) is 48.5 Å². The molecule has 0 saturated heterocycles. The number of carbonyl (C=O) groups is 2. The fourth-order valence-corrected chi connectivity index (χ4v) is 2.94. The Morgan fingerprint density at radius 1 is 1.00 bits per heavy atom. The molecule has 25 heavy (non-hydrogen) atoms. The molecule has 132 valence electrons. The number of nitrogens with zero attached hydrogens (tertiary/aromatic N) is 1. The van der Waals surface area contributed by atoms with Gasteiger partial charge in [0.25, 0.3) is 0 Å². The Kier molecular flexibility index (Phi) is 6.34. The molecular weight excluding hydrogens is 314 g/mol. The van der Waals surface area contributed by atoms with Crippen LogP contribution in [0, 0.1) is 13.8 Å². The smallest absolute Gasteiger partial charge is 0.328 e. The molecule has 0 aliphatic rings. The number of amides is 1. The predicted octanol–water partition coefficient (Wildman–Crippen LogP) is 3.83. The third kappa shape index (κ3) is 4.47. The van der Waals surface area contributed by atoms with E-state index in [0.717, 1.165) is 22.4 Å². The molecule has 2 rings (SSSR count). The van der Waals surface area contributed by atoms with Crippen molar-refractivity contribution in [2.45, 2.75) is 40.2 Å². The summed E-state index contributed by atoms with van der Waals surface area (Å²) >= 11 is 0. The SMILES string of the molecule is CCOC(=O)[C@H](C)N(C(=O)Cc1ccccc1)c1c(C)cccc1C. The minimum atomic E-state index is -0.684. The van der Waals surface area contributed by atoms with E-state index in [2.05, 4.69) is 0 Å². The topological polar surface area (TPSA) is 46.6 Å². The molecule has 2 aromatic rings. The Bertz CT molecular complexity index is 720. The summed E-state index contributed by atoms with van der Waals surface area (Å²) in [5.74, 6) is -0.518. The van der Waals surface area contributed by atoms with Gasteiger partial charge in [-0.2, -0.15) is 0 Å². The van der Waals surface area contributed by atoms with Crippen LogP contribution >= 0.6 is 0 Å². The van der Waals surface area contributed by atoms with Gasteiger partial charge in [0.15, 0.2) is 0 Å². The molecule has 0 unspecified atom stereocenters. The van der Waals surface area contributed by atoms with Gasteiger partial charge in [0.2, 0.25) is 5.91 Å². The number of rotatable bonds is 6. The summed E-state index contributed by atoms with van der Waals surface area (Å²) in [5.41, 5.74) is 3.61. The summed E-state index contributed by atoms with van der Waals surface area (Å²) in [7, 11) is 0. The molecule has 0 fully saturated rings. The average Bonchev–Trinajstić information content (AvgIpc) is 2.58. The maximum Gasteiger partial charge on any atom is 0.328 e. The minimum absolute atomic E-state index is 0.121. The van der Waals surface area contributed by atoms with Crippen molar-refractivity contribution in [3.05, 3.63) is 65.2 Å². The zero-order chi connectivity index (χ0) is 18.4. The fourth-order valence-electron chi connectivity index (χ4n) is 2.94. The molecule has 0 aliphatic heterocycles. The lowest BCUT2D eigenvalue weighted by molar-refractivity contribution is -0.145. The van der Waals surface area contributed by atoms with Crippen LogP contribution in [0.15, 0.2) is 48.5 Å². The molecule has 0 bridgehead atoms. The maximum atomic E-state index is 13.1. The molecule has 1 amide bonds. The van der Waals surface area contributed by atoms with Gasteiger partial charge in [0.05, 0.1) is 18.7 Å². The average molecular weight is 339 g/mol. The Balaban J connectivity index is 2.41. The second kappa shape index (κ2) is 8.47. The number of hydrogen-bond acceptors (Lipinski definition) is 3. The van der Waals surface area contributed by atoms with Gasteiger partial charge in [0, 0.05) is 0 Å². The van der Waals surface area contributed by atoms with Crippen LogP contribution in [0.25, 0.3) is 0 Å². The van der Waals surface area contributed by atoms with Crippen LogP contribution in [-0.4, -0.2) is 24.5 Å². The van der Waals surface area contributed by atoms with Gasteiger partial charge in [-0.25, -0.2) is 4.79 Å². The zero-order valence-electron chi connectivity index (χ0n) is 15.3. The third-order valence-corrected chi connectivity index (χ3v) is 4.16. The van der Waals surface area contributed by atoms with Crippen molar-refractivity contribution in [3.63, 3.8) is 0 Å². The maximum absolute atomic E-state index is 13.1. The van der Waals surface area contributed by atoms with Crippen molar-refractivity contribution in [2.75, 3.05) is 11.5 Å². The van der Waals surface area contributed by atoms with E-state index >= 15 is 0 Å². The van der Waals surface area contributed by atoms with Gasteiger partial charge in [-0.15, -0.1) is 0 Å². The van der Waals surface area contributed by atoms with Crippen LogP contribution in [0.2, 0.25) is 0 Å². The number of carbonyl (C=O) groups excluding carboxylic acids is 2. The van der Waals surface area contributed by atoms with Crippen LogP contribution in [0.4, 0.5) is 5.69 Å². The van der Waals surface area contributed by atoms with Crippen molar-refractivity contribution in [1.29, 1.82) is 0 Å². The molecule has 1 atom stereocenters. The Morgan fingerprint density at radius 2 is 1.60 bits per heavy atom. The first-order chi connectivity index (χ1) is 12.0. The molecule has 4 heteroatoms. The van der Waals surface area contributed by atoms with Crippen LogP contribution in [0.3, 0.4) is 0 Å². The standard InChI is InChI=1S/C21H25NO3/c1-5-25-21(24)17(4)22(20-15(2)10-9-11-16(20)3)19(23)14-18-12-7-6-8-13-18/h6-13,17H,5,14H2,1-4H3/t17-/m0/s1. The van der Waals surface area contributed by atoms with E-state index in [4.69, 9.17) is 4.74 Å². The largest absolute Gasteiger partial charge is 0.464 e. The normalized spacial score (nSPS) is 11.7. The van der Waals surface area contributed by atoms with Crippen molar-refractivity contribution < 1.29 is 14.3 Å². The van der Waals surface area contributed by atoms with Gasteiger partial charge < -0.3 is 4.74 Å². The monoisotopic (exact) mass is 339 g/mol. The van der Waals surface area contributed by atoms with E-state index in [1.807, 2.05) is 62.4 Å². The van der Waals surface area contributed by atoms with Gasteiger partial charge >= 0.3 is 5.97 Å². The fraction of sp³-hybridized carbons (Fsp3) is 0.333. The molecule has 0 saturated carbocycles. The quantitative estimate of drug-likeness (QED) is 0.752. The highest BCUT2D eigenvalue weighted by atomic mass is 16.5. The van der Waals surface area contributed by atoms with E-state index < -0.39 is 12.0 Å². The zero-order valence-corrected chi connectivity index (χ0v) is 15.3. The summed E-state index contributed by atoms with van der Waals surface area (Å²) in [6.07, 6.45) is 0.234. The van der Waals surface area contributed by atoms with Gasteiger partial charge in [-0.05, 0) is 44.4 Å². The number of aryl methyl sites for hydroxylation is 2. The summed E-state index contributed by atoms with van der Waals surface area (Å²) < 4.78 is 5.15. The van der Waals surface area contributed by atoms with Crippen LogP contribution in [0.1, 0.15) is 30.5 Å². The molecule has 0 spiro atoms. The molecule has 0 N–H and O–H groups in total. The Morgan fingerprint density at radius 3 is 2.16 bits per heavy atom. The second-order valence-corrected chi connectivity index (χ2v) is 6.09. The molecule has 2 aromatic carbocycles. The lowest BCUT2D eigenvalue weighted by Gasteiger charge is -2.30. The highest BCUT2D eigenvalue weighted by Gasteiger charge is 2.30. The number of hydrogen-bond donors (Lipinski definition) is 0. The van der Waals surface area contributed by atoms with Crippen LogP contribution < -0.4 is 4.90 Å². The summed E-state index contributed by atoms with van der Waals surface area (Å²) in [6, 6.07) is 14.7. The number of ether oxygens (including phenoxy) is 1. The molecular formula is C21H25NO3. The highest BCUT2D eigenvalue weighted by molar-refractivity contribution is 6.01. The van der Waals surface area contributed by atoms with E-state index in [9.17, 15) is 9.59 Å². The lowest BCUT2D eigenvalue weighted by Crippen LogP contribution is -2.45. The Hall–Kier alpha value is -2.62. The predicted molar refractivity (Wildman–Crippen MR) is 99.6 cm³/mol. The summed E-state index contributed by atoms with van der Waals surface area (Å²) in [4.78, 5) is 27.0. The lowest BCUT2D eigenvalue weighted by atomic mass is 10.0. The third-order valence-electron chi connectivity index (χ3n) is 4.16. The minimum Gasteiger partial charge on any atom is -0.464 e. The van der Waals surface area contributed by atoms with E-state index in [1.54, 1.807) is 18.7 Å². The van der Waals surface area contributed by atoms with Crippen LogP contribution in [-0.2, 0) is 20.7 Å². The molecule has 0 heterocycles. The van der Waals surface area contributed by atoms with Gasteiger partial charge in [0.1, 0.15) is 6.04 Å². The number of para-hydroxylation sites is 1. The summed E-state index contributed by atoms with van der Waals surface area (Å²) in [6.45, 7) is 7.66. The van der Waals surface area contributed by atoms with Crippen molar-refractivity contribution in [1.82, 2.24) is 0 Å². The van der Waals surface area contributed by atoms with Crippen molar-refractivity contribution in [3.8, 4) is 0 Å². The first-order valence-corrected chi connectivity index (χ1v) is 8.54. The Labute approximate surface area is 149 Å².